The van der Waals surface area contributed by atoms with Crippen LogP contribution in [0.3, 0.4) is 0 Å². The fraction of sp³-hybridized carbons (Fsp3) is 0.154. The first-order valence-corrected chi connectivity index (χ1v) is 10.7. The molecule has 0 unspecified atom stereocenters. The predicted molar refractivity (Wildman–Crippen MR) is 131 cm³/mol. The summed E-state index contributed by atoms with van der Waals surface area (Å²) in [6.45, 7) is 4.07. The first kappa shape index (κ1) is 24.2. The lowest BCUT2D eigenvalue weighted by atomic mass is 10.1. The zero-order valence-electron chi connectivity index (χ0n) is 19.0. The van der Waals surface area contributed by atoms with E-state index in [9.17, 15) is 14.4 Å². The molecule has 3 N–H and O–H groups in total. The Morgan fingerprint density at radius 2 is 1.44 bits per heavy atom. The summed E-state index contributed by atoms with van der Waals surface area (Å²) in [5, 5.41) is 9.10. The summed E-state index contributed by atoms with van der Waals surface area (Å²) in [4.78, 5) is 35.8. The van der Waals surface area contributed by atoms with Crippen LogP contribution in [0.1, 0.15) is 22.3 Å². The lowest BCUT2D eigenvalue weighted by molar-refractivity contribution is -0.139. The molecular formula is C26H26N4O4. The molecule has 0 fully saturated rings. The summed E-state index contributed by atoms with van der Waals surface area (Å²) < 4.78 is 5.48. The third kappa shape index (κ3) is 7.90. The van der Waals surface area contributed by atoms with Crippen molar-refractivity contribution in [3.05, 3.63) is 95.1 Å². The molecule has 0 aliphatic rings. The number of ether oxygens (including phenoxy) is 1. The van der Waals surface area contributed by atoms with Crippen molar-refractivity contribution in [1.82, 2.24) is 10.7 Å². The number of anilines is 1. The minimum absolute atomic E-state index is 0.130. The van der Waals surface area contributed by atoms with Gasteiger partial charge in [0.25, 0.3) is 5.91 Å². The quantitative estimate of drug-likeness (QED) is 0.274. The van der Waals surface area contributed by atoms with Crippen molar-refractivity contribution >= 4 is 29.6 Å². The molecule has 3 amide bonds. The Balaban J connectivity index is 1.39. The molecule has 0 aromatic heterocycles. The molecule has 8 heteroatoms. The van der Waals surface area contributed by atoms with E-state index in [1.165, 1.54) is 6.21 Å². The van der Waals surface area contributed by atoms with Crippen LogP contribution in [-0.2, 0) is 20.9 Å². The lowest BCUT2D eigenvalue weighted by Crippen LogP contribution is -2.37. The molecule has 174 valence electrons. The SMILES string of the molecule is Cc1ccc(CNC(=O)C(=O)NN=Cc2ccc(OCC(=O)Nc3ccc(C)cc3)cc2)cc1. The van der Waals surface area contributed by atoms with Gasteiger partial charge in [0.15, 0.2) is 6.61 Å². The molecule has 3 rings (SSSR count). The highest BCUT2D eigenvalue weighted by atomic mass is 16.5. The standard InChI is InChI=1S/C26H26N4O4/c1-18-3-7-20(8-4-18)15-27-25(32)26(33)30-28-16-21-9-13-23(14-10-21)34-17-24(31)29-22-11-5-19(2)6-12-22/h3-14,16H,15,17H2,1-2H3,(H,27,32)(H,29,31)(H,30,33). The van der Waals surface area contributed by atoms with Crippen LogP contribution in [0.2, 0.25) is 0 Å². The van der Waals surface area contributed by atoms with Gasteiger partial charge < -0.3 is 15.4 Å². The second-order valence-corrected chi connectivity index (χ2v) is 7.64. The van der Waals surface area contributed by atoms with E-state index in [4.69, 9.17) is 4.74 Å². The molecular weight excluding hydrogens is 432 g/mol. The fourth-order valence-corrected chi connectivity index (χ4v) is 2.82. The maximum absolute atomic E-state index is 12.0. The summed E-state index contributed by atoms with van der Waals surface area (Å²) in [7, 11) is 0. The van der Waals surface area contributed by atoms with Gasteiger partial charge in [-0.1, -0.05) is 47.5 Å². The van der Waals surface area contributed by atoms with Gasteiger partial charge in [0, 0.05) is 12.2 Å². The first-order valence-electron chi connectivity index (χ1n) is 10.7. The number of carbonyl (C=O) groups is 3. The second kappa shape index (κ2) is 12.0. The number of amides is 3. The Morgan fingerprint density at radius 3 is 2.09 bits per heavy atom. The summed E-state index contributed by atoms with van der Waals surface area (Å²) >= 11 is 0. The molecule has 0 bridgehead atoms. The van der Waals surface area contributed by atoms with E-state index in [2.05, 4.69) is 21.2 Å². The zero-order valence-corrected chi connectivity index (χ0v) is 19.0. The average Bonchev–Trinajstić information content (AvgIpc) is 2.84. The highest BCUT2D eigenvalue weighted by molar-refractivity contribution is 6.35. The Morgan fingerprint density at radius 1 is 0.824 bits per heavy atom. The van der Waals surface area contributed by atoms with Gasteiger partial charge in [-0.3, -0.25) is 14.4 Å². The number of aryl methyl sites for hydroxylation is 2. The molecule has 0 saturated heterocycles. The highest BCUT2D eigenvalue weighted by Gasteiger charge is 2.11. The van der Waals surface area contributed by atoms with E-state index in [0.29, 0.717) is 17.0 Å². The Hall–Kier alpha value is -4.46. The van der Waals surface area contributed by atoms with Crippen molar-refractivity contribution in [3.8, 4) is 5.75 Å². The van der Waals surface area contributed by atoms with Gasteiger partial charge >= 0.3 is 11.8 Å². The fourth-order valence-electron chi connectivity index (χ4n) is 2.82. The average molecular weight is 459 g/mol. The molecule has 0 spiro atoms. The normalized spacial score (nSPS) is 10.5. The number of nitrogens with zero attached hydrogens (tertiary/aromatic N) is 1. The summed E-state index contributed by atoms with van der Waals surface area (Å²) in [6, 6.07) is 21.9. The van der Waals surface area contributed by atoms with Crippen molar-refractivity contribution in [3.63, 3.8) is 0 Å². The molecule has 3 aromatic carbocycles. The van der Waals surface area contributed by atoms with Gasteiger partial charge in [-0.15, -0.1) is 0 Å². The molecule has 34 heavy (non-hydrogen) atoms. The maximum atomic E-state index is 12.0. The van der Waals surface area contributed by atoms with Crippen LogP contribution in [0.5, 0.6) is 5.75 Å². The van der Waals surface area contributed by atoms with Crippen LogP contribution in [0.25, 0.3) is 0 Å². The Bertz CT molecular complexity index is 1150. The van der Waals surface area contributed by atoms with Crippen LogP contribution < -0.4 is 20.8 Å². The van der Waals surface area contributed by atoms with Gasteiger partial charge in [0.1, 0.15) is 5.75 Å². The largest absolute Gasteiger partial charge is 0.484 e. The summed E-state index contributed by atoms with van der Waals surface area (Å²) in [5.41, 5.74) is 6.69. The lowest BCUT2D eigenvalue weighted by Gasteiger charge is -2.08. The van der Waals surface area contributed by atoms with E-state index in [0.717, 1.165) is 16.7 Å². The molecule has 0 aliphatic carbocycles. The molecule has 0 radical (unpaired) electrons. The zero-order chi connectivity index (χ0) is 24.3. The van der Waals surface area contributed by atoms with Crippen molar-refractivity contribution in [2.75, 3.05) is 11.9 Å². The minimum Gasteiger partial charge on any atom is -0.484 e. The summed E-state index contributed by atoms with van der Waals surface area (Å²) in [6.07, 6.45) is 1.40. The number of rotatable bonds is 8. The third-order valence-corrected chi connectivity index (χ3v) is 4.74. The topological polar surface area (TPSA) is 109 Å². The van der Waals surface area contributed by atoms with Crippen LogP contribution in [0, 0.1) is 13.8 Å². The van der Waals surface area contributed by atoms with Gasteiger partial charge in [0.2, 0.25) is 0 Å². The second-order valence-electron chi connectivity index (χ2n) is 7.64. The smallest absolute Gasteiger partial charge is 0.329 e. The molecule has 3 aromatic rings. The number of hydrogen-bond donors (Lipinski definition) is 3. The predicted octanol–water partition coefficient (Wildman–Crippen LogP) is 3.09. The van der Waals surface area contributed by atoms with Crippen LogP contribution in [0.4, 0.5) is 5.69 Å². The maximum Gasteiger partial charge on any atom is 0.329 e. The molecule has 0 heterocycles. The molecule has 0 aliphatic heterocycles. The molecule has 0 saturated carbocycles. The number of benzene rings is 3. The van der Waals surface area contributed by atoms with Crippen LogP contribution in [-0.4, -0.2) is 30.5 Å². The van der Waals surface area contributed by atoms with E-state index < -0.39 is 11.8 Å². The molecule has 8 nitrogen and oxygen atoms in total. The van der Waals surface area contributed by atoms with Gasteiger partial charge in [-0.2, -0.15) is 5.10 Å². The van der Waals surface area contributed by atoms with E-state index in [1.807, 2.05) is 62.4 Å². The van der Waals surface area contributed by atoms with Gasteiger partial charge in [-0.25, -0.2) is 5.43 Å². The minimum atomic E-state index is -0.858. The third-order valence-electron chi connectivity index (χ3n) is 4.74. The van der Waals surface area contributed by atoms with Crippen molar-refractivity contribution < 1.29 is 19.1 Å². The molecule has 0 atom stereocenters. The monoisotopic (exact) mass is 458 g/mol. The van der Waals surface area contributed by atoms with Gasteiger partial charge in [0.05, 0.1) is 6.21 Å². The number of nitrogens with one attached hydrogen (secondary N) is 3. The van der Waals surface area contributed by atoms with Crippen molar-refractivity contribution in [1.29, 1.82) is 0 Å². The van der Waals surface area contributed by atoms with Gasteiger partial charge in [-0.05, 0) is 61.4 Å². The van der Waals surface area contributed by atoms with Crippen LogP contribution >= 0.6 is 0 Å². The van der Waals surface area contributed by atoms with Crippen molar-refractivity contribution in [2.24, 2.45) is 5.10 Å². The van der Waals surface area contributed by atoms with Crippen molar-refractivity contribution in [2.45, 2.75) is 20.4 Å². The van der Waals surface area contributed by atoms with E-state index >= 15 is 0 Å². The van der Waals surface area contributed by atoms with Crippen LogP contribution in [0.15, 0.2) is 77.9 Å². The Labute approximate surface area is 198 Å². The number of hydrazone groups is 1. The van der Waals surface area contributed by atoms with E-state index in [-0.39, 0.29) is 19.1 Å². The summed E-state index contributed by atoms with van der Waals surface area (Å²) in [5.74, 6) is -1.39. The first-order chi connectivity index (χ1) is 16.4. The van der Waals surface area contributed by atoms with E-state index in [1.54, 1.807) is 24.3 Å². The Kier molecular flexibility index (Phi) is 8.51. The highest BCUT2D eigenvalue weighted by Crippen LogP contribution is 2.12. The number of hydrogen-bond acceptors (Lipinski definition) is 5. The number of carbonyl (C=O) groups excluding carboxylic acids is 3.